The summed E-state index contributed by atoms with van der Waals surface area (Å²) < 4.78 is 11.3. The fourth-order valence-electron chi connectivity index (χ4n) is 1.91. The quantitative estimate of drug-likeness (QED) is 0.577. The number of ether oxygens (including phenoxy) is 2. The zero-order valence-electron chi connectivity index (χ0n) is 7.58. The monoisotopic (exact) mass is 171 g/mol. The Morgan fingerprint density at radius 2 is 1.83 bits per heavy atom. The molecule has 0 bridgehead atoms. The van der Waals surface area contributed by atoms with E-state index in [4.69, 9.17) is 9.47 Å². The first-order valence-corrected chi connectivity index (χ1v) is 4.83. The number of rotatable bonds is 0. The first-order chi connectivity index (χ1) is 5.86. The second-order valence-corrected chi connectivity index (χ2v) is 3.71. The third kappa shape index (κ3) is 1.79. The van der Waals surface area contributed by atoms with E-state index in [0.717, 1.165) is 26.2 Å². The number of hydrogen-bond donors (Lipinski definition) is 1. The lowest BCUT2D eigenvalue weighted by Crippen LogP contribution is -2.43. The molecule has 0 spiro atoms. The Labute approximate surface area is 73.4 Å². The molecule has 3 heteroatoms. The van der Waals surface area contributed by atoms with Crippen molar-refractivity contribution < 1.29 is 9.47 Å². The SMILES string of the molecule is CC1CCC2OCCOC2CN1. The smallest absolute Gasteiger partial charge is 0.0961 e. The van der Waals surface area contributed by atoms with Crippen molar-refractivity contribution >= 4 is 0 Å². The van der Waals surface area contributed by atoms with Crippen molar-refractivity contribution in [2.75, 3.05) is 19.8 Å². The minimum atomic E-state index is 0.295. The van der Waals surface area contributed by atoms with Crippen LogP contribution in [0.25, 0.3) is 0 Å². The maximum Gasteiger partial charge on any atom is 0.0961 e. The molecule has 2 saturated heterocycles. The van der Waals surface area contributed by atoms with E-state index in [1.807, 2.05) is 0 Å². The van der Waals surface area contributed by atoms with E-state index >= 15 is 0 Å². The highest BCUT2D eigenvalue weighted by atomic mass is 16.6. The maximum absolute atomic E-state index is 5.65. The predicted octanol–water partition coefficient (Wildman–Crippen LogP) is 0.542. The van der Waals surface area contributed by atoms with Gasteiger partial charge in [-0.15, -0.1) is 0 Å². The van der Waals surface area contributed by atoms with Crippen LogP contribution in [-0.4, -0.2) is 38.0 Å². The van der Waals surface area contributed by atoms with Crippen LogP contribution in [-0.2, 0) is 9.47 Å². The molecule has 3 atom stereocenters. The summed E-state index contributed by atoms with van der Waals surface area (Å²) in [4.78, 5) is 0. The predicted molar refractivity (Wildman–Crippen MR) is 46.2 cm³/mol. The fourth-order valence-corrected chi connectivity index (χ4v) is 1.91. The highest BCUT2D eigenvalue weighted by Gasteiger charge is 2.29. The Morgan fingerprint density at radius 1 is 1.08 bits per heavy atom. The molecule has 12 heavy (non-hydrogen) atoms. The first-order valence-electron chi connectivity index (χ1n) is 4.83. The topological polar surface area (TPSA) is 30.5 Å². The average molecular weight is 171 g/mol. The summed E-state index contributed by atoms with van der Waals surface area (Å²) in [5.74, 6) is 0. The molecule has 0 aromatic carbocycles. The molecule has 3 unspecified atom stereocenters. The third-order valence-electron chi connectivity index (χ3n) is 2.71. The van der Waals surface area contributed by atoms with Crippen molar-refractivity contribution in [3.63, 3.8) is 0 Å². The van der Waals surface area contributed by atoms with E-state index in [0.29, 0.717) is 18.2 Å². The molecule has 0 aromatic heterocycles. The highest BCUT2D eigenvalue weighted by molar-refractivity contribution is 4.82. The molecule has 2 aliphatic rings. The molecule has 70 valence electrons. The van der Waals surface area contributed by atoms with Gasteiger partial charge < -0.3 is 14.8 Å². The molecular formula is C9H17NO2. The van der Waals surface area contributed by atoms with E-state index in [1.54, 1.807) is 0 Å². The molecule has 3 nitrogen and oxygen atoms in total. The van der Waals surface area contributed by atoms with Crippen LogP contribution >= 0.6 is 0 Å². The van der Waals surface area contributed by atoms with Crippen molar-refractivity contribution in [1.82, 2.24) is 5.32 Å². The molecule has 0 radical (unpaired) electrons. The van der Waals surface area contributed by atoms with Crippen LogP contribution in [0.15, 0.2) is 0 Å². The molecule has 2 fully saturated rings. The van der Waals surface area contributed by atoms with Crippen LogP contribution in [0.5, 0.6) is 0 Å². The second-order valence-electron chi connectivity index (χ2n) is 3.71. The molecular weight excluding hydrogens is 154 g/mol. The number of fused-ring (bicyclic) bond motifs is 1. The summed E-state index contributed by atoms with van der Waals surface area (Å²) in [6.45, 7) is 4.70. The van der Waals surface area contributed by atoms with Gasteiger partial charge in [0.25, 0.3) is 0 Å². The summed E-state index contributed by atoms with van der Waals surface area (Å²) >= 11 is 0. The third-order valence-corrected chi connectivity index (χ3v) is 2.71. The maximum atomic E-state index is 5.65. The van der Waals surface area contributed by atoms with Gasteiger partial charge in [-0.1, -0.05) is 0 Å². The van der Waals surface area contributed by atoms with E-state index in [9.17, 15) is 0 Å². The number of nitrogens with one attached hydrogen (secondary N) is 1. The van der Waals surface area contributed by atoms with Crippen molar-refractivity contribution in [1.29, 1.82) is 0 Å². The van der Waals surface area contributed by atoms with Crippen molar-refractivity contribution in [3.8, 4) is 0 Å². The van der Waals surface area contributed by atoms with E-state index in [2.05, 4.69) is 12.2 Å². The second kappa shape index (κ2) is 3.73. The largest absolute Gasteiger partial charge is 0.373 e. The van der Waals surface area contributed by atoms with Crippen LogP contribution < -0.4 is 5.32 Å². The van der Waals surface area contributed by atoms with Gasteiger partial charge in [0.15, 0.2) is 0 Å². The number of hydrogen-bond acceptors (Lipinski definition) is 3. The van der Waals surface area contributed by atoms with Crippen molar-refractivity contribution in [2.45, 2.75) is 38.0 Å². The Bertz CT molecular complexity index is 135. The fraction of sp³-hybridized carbons (Fsp3) is 1.00. The van der Waals surface area contributed by atoms with Gasteiger partial charge in [0.2, 0.25) is 0 Å². The van der Waals surface area contributed by atoms with E-state index < -0.39 is 0 Å². The average Bonchev–Trinajstić information content (AvgIpc) is 2.29. The van der Waals surface area contributed by atoms with E-state index in [1.165, 1.54) is 6.42 Å². The molecule has 0 aliphatic carbocycles. The van der Waals surface area contributed by atoms with Crippen LogP contribution in [0, 0.1) is 0 Å². The summed E-state index contributed by atoms with van der Waals surface area (Å²) in [5, 5.41) is 3.44. The standard InChI is InChI=1S/C9H17NO2/c1-7-2-3-8-9(6-10-7)12-5-4-11-8/h7-10H,2-6H2,1H3. The lowest BCUT2D eigenvalue weighted by molar-refractivity contribution is -0.136. The van der Waals surface area contributed by atoms with Gasteiger partial charge >= 0.3 is 0 Å². The van der Waals surface area contributed by atoms with Crippen LogP contribution in [0.2, 0.25) is 0 Å². The van der Waals surface area contributed by atoms with Crippen LogP contribution in [0.3, 0.4) is 0 Å². The molecule has 2 rings (SSSR count). The Hall–Kier alpha value is -0.120. The van der Waals surface area contributed by atoms with Crippen LogP contribution in [0.1, 0.15) is 19.8 Å². The van der Waals surface area contributed by atoms with Gasteiger partial charge in [-0.25, -0.2) is 0 Å². The highest BCUT2D eigenvalue weighted by Crippen LogP contribution is 2.18. The molecule has 0 aromatic rings. The molecule has 0 saturated carbocycles. The van der Waals surface area contributed by atoms with Crippen molar-refractivity contribution in [3.05, 3.63) is 0 Å². The minimum absolute atomic E-state index is 0.295. The summed E-state index contributed by atoms with van der Waals surface area (Å²) in [5.41, 5.74) is 0. The van der Waals surface area contributed by atoms with Gasteiger partial charge in [-0.3, -0.25) is 0 Å². The van der Waals surface area contributed by atoms with Gasteiger partial charge in [0.1, 0.15) is 0 Å². The summed E-state index contributed by atoms with van der Waals surface area (Å²) in [7, 11) is 0. The zero-order chi connectivity index (χ0) is 8.39. The first kappa shape index (κ1) is 8.48. The minimum Gasteiger partial charge on any atom is -0.373 e. The zero-order valence-corrected chi connectivity index (χ0v) is 7.58. The summed E-state index contributed by atoms with van der Waals surface area (Å²) in [6, 6.07) is 0.614. The normalized spacial score (nSPS) is 43.2. The molecule has 2 heterocycles. The van der Waals surface area contributed by atoms with E-state index in [-0.39, 0.29) is 0 Å². The van der Waals surface area contributed by atoms with Crippen molar-refractivity contribution in [2.24, 2.45) is 0 Å². The van der Waals surface area contributed by atoms with Gasteiger partial charge in [0.05, 0.1) is 25.4 Å². The Morgan fingerprint density at radius 3 is 2.67 bits per heavy atom. The molecule has 0 amide bonds. The molecule has 2 aliphatic heterocycles. The van der Waals surface area contributed by atoms with Gasteiger partial charge in [-0.05, 0) is 19.8 Å². The Balaban J connectivity index is 1.94. The van der Waals surface area contributed by atoms with Gasteiger partial charge in [-0.2, -0.15) is 0 Å². The van der Waals surface area contributed by atoms with Crippen LogP contribution in [0.4, 0.5) is 0 Å². The lowest BCUT2D eigenvalue weighted by Gasteiger charge is -2.30. The Kier molecular flexibility index (Phi) is 2.63. The summed E-state index contributed by atoms with van der Waals surface area (Å²) in [6.07, 6.45) is 2.98. The van der Waals surface area contributed by atoms with Gasteiger partial charge in [0, 0.05) is 12.6 Å². The lowest BCUT2D eigenvalue weighted by atomic mass is 10.1. The molecule has 1 N–H and O–H groups in total.